The zero-order valence-electron chi connectivity index (χ0n) is 25.7. The molecule has 0 atom stereocenters. The summed E-state index contributed by atoms with van der Waals surface area (Å²) in [5.41, 5.74) is 1.00. The highest BCUT2D eigenvalue weighted by Gasteiger charge is 2.60. The zero-order valence-corrected chi connectivity index (χ0v) is 25.7. The van der Waals surface area contributed by atoms with Crippen LogP contribution >= 0.6 is 0 Å². The number of amides is 3. The number of aryl methyl sites for hydroxylation is 3. The zero-order chi connectivity index (χ0) is 31.6. The minimum absolute atomic E-state index is 0.119. The molecule has 1 aliphatic heterocycles. The van der Waals surface area contributed by atoms with E-state index in [2.05, 4.69) is 5.32 Å². The summed E-state index contributed by atoms with van der Waals surface area (Å²) in [6.45, 7) is 6.93. The monoisotopic (exact) mass is 603 g/mol. The number of urea groups is 1. The predicted molar refractivity (Wildman–Crippen MR) is 162 cm³/mol. The molecular weight excluding hydrogens is 565 g/mol. The summed E-state index contributed by atoms with van der Waals surface area (Å²) in [7, 11) is 1.65. The second-order valence-electron chi connectivity index (χ2n) is 13.0. The molecule has 0 bridgehead atoms. The molecule has 9 nitrogen and oxygen atoms in total. The van der Waals surface area contributed by atoms with Crippen LogP contribution in [0.15, 0.2) is 47.4 Å². The van der Waals surface area contributed by atoms with Gasteiger partial charge in [0.2, 0.25) is 0 Å². The van der Waals surface area contributed by atoms with E-state index in [4.69, 9.17) is 9.47 Å². The number of benzene rings is 2. The molecule has 3 aliphatic rings. The predicted octanol–water partition coefficient (Wildman–Crippen LogP) is 5.60. The van der Waals surface area contributed by atoms with Crippen LogP contribution in [0.1, 0.15) is 69.1 Å². The molecule has 2 aliphatic carbocycles. The number of ether oxygens (including phenoxy) is 2. The van der Waals surface area contributed by atoms with Gasteiger partial charge in [-0.15, -0.1) is 0 Å². The van der Waals surface area contributed by atoms with Crippen LogP contribution < -0.4 is 20.3 Å². The maximum atomic E-state index is 14.0. The Balaban J connectivity index is 1.32. The second-order valence-corrected chi connectivity index (χ2v) is 13.0. The fraction of sp³-hybridized carbons (Fsp3) is 0.441. The van der Waals surface area contributed by atoms with Crippen molar-refractivity contribution in [2.24, 2.45) is 7.05 Å². The largest absolute Gasteiger partial charge is 0.490 e. The number of rotatable bonds is 7. The average Bonchev–Trinajstić information content (AvgIpc) is 3.68. The van der Waals surface area contributed by atoms with Gasteiger partial charge in [0.15, 0.2) is 0 Å². The molecule has 0 unspecified atom stereocenters. The molecule has 1 aromatic heterocycles. The highest BCUT2D eigenvalue weighted by atomic mass is 19.1. The highest BCUT2D eigenvalue weighted by Crippen LogP contribution is 2.44. The van der Waals surface area contributed by atoms with Gasteiger partial charge < -0.3 is 24.5 Å². The molecule has 3 fully saturated rings. The van der Waals surface area contributed by atoms with Gasteiger partial charge in [-0.25, -0.2) is 9.18 Å². The van der Waals surface area contributed by atoms with E-state index in [0.717, 1.165) is 0 Å². The van der Waals surface area contributed by atoms with Gasteiger partial charge in [-0.2, -0.15) is 0 Å². The number of hydrogen-bond donors (Lipinski definition) is 2. The summed E-state index contributed by atoms with van der Waals surface area (Å²) in [5, 5.41) is 13.7. The van der Waals surface area contributed by atoms with Crippen molar-refractivity contribution in [3.8, 4) is 28.4 Å². The van der Waals surface area contributed by atoms with E-state index in [1.165, 1.54) is 27.7 Å². The smallest absolute Gasteiger partial charge is 0.325 e. The molecule has 1 saturated heterocycles. The van der Waals surface area contributed by atoms with Crippen LogP contribution in [0.2, 0.25) is 0 Å². The van der Waals surface area contributed by atoms with Gasteiger partial charge >= 0.3 is 6.03 Å². The molecule has 1 spiro atoms. The Morgan fingerprint density at radius 3 is 2.20 bits per heavy atom. The number of nitrogens with zero attached hydrogens (tertiary/aromatic N) is 2. The molecule has 0 radical (unpaired) electrons. The van der Waals surface area contributed by atoms with E-state index < -0.39 is 11.1 Å². The van der Waals surface area contributed by atoms with E-state index in [1.807, 2.05) is 6.07 Å². The van der Waals surface area contributed by atoms with Gasteiger partial charge in [0.05, 0.1) is 11.7 Å². The number of carbonyl (C=O) groups is 2. The standard InChI is InChI=1S/C34H38FN3O6/c1-19-14-22(35)15-20(2)30(19)44-27-11-6-21(33(3,4)42)16-25(27)26-18-37(5)29(39)17-28(26)43-24-9-7-23(8-10-24)38-31(40)34(12-13-34)36-32(38)41/h6,11,14-18,23-24,42H,7-10,12-13H2,1-5H3,(H,36,41). The number of halogens is 1. The van der Waals surface area contributed by atoms with Gasteiger partial charge in [-0.05, 0) is 107 Å². The third kappa shape index (κ3) is 5.47. The molecule has 10 heteroatoms. The van der Waals surface area contributed by atoms with Gasteiger partial charge in [-0.1, -0.05) is 6.07 Å². The van der Waals surface area contributed by atoms with Gasteiger partial charge in [0.1, 0.15) is 28.6 Å². The fourth-order valence-corrected chi connectivity index (χ4v) is 6.33. The normalized spacial score (nSPS) is 21.0. The van der Waals surface area contributed by atoms with Gasteiger partial charge in [0, 0.05) is 36.5 Å². The molecule has 44 heavy (non-hydrogen) atoms. The van der Waals surface area contributed by atoms with Crippen LogP contribution in [0.25, 0.3) is 11.1 Å². The number of aromatic nitrogens is 1. The second kappa shape index (κ2) is 10.8. The molecule has 3 aromatic rings. The number of carbonyl (C=O) groups excluding carboxylic acids is 2. The first-order valence-electron chi connectivity index (χ1n) is 15.1. The number of hydrogen-bond acceptors (Lipinski definition) is 6. The minimum atomic E-state index is -1.16. The Kier molecular flexibility index (Phi) is 7.31. The third-order valence-corrected chi connectivity index (χ3v) is 9.05. The van der Waals surface area contributed by atoms with Crippen molar-refractivity contribution in [2.45, 2.75) is 89.5 Å². The molecule has 2 saturated carbocycles. The minimum Gasteiger partial charge on any atom is -0.490 e. The highest BCUT2D eigenvalue weighted by molar-refractivity contribution is 6.09. The maximum Gasteiger partial charge on any atom is 0.325 e. The topological polar surface area (TPSA) is 110 Å². The molecule has 232 valence electrons. The summed E-state index contributed by atoms with van der Waals surface area (Å²) in [4.78, 5) is 39.7. The molecule has 2 aromatic carbocycles. The van der Waals surface area contributed by atoms with Crippen LogP contribution in [0.3, 0.4) is 0 Å². The number of nitrogens with one attached hydrogen (secondary N) is 1. The molecular formula is C34H38FN3O6. The van der Waals surface area contributed by atoms with E-state index in [0.29, 0.717) is 83.6 Å². The van der Waals surface area contributed by atoms with Crippen molar-refractivity contribution in [1.29, 1.82) is 0 Å². The van der Waals surface area contributed by atoms with E-state index in [1.54, 1.807) is 53.1 Å². The fourth-order valence-electron chi connectivity index (χ4n) is 6.33. The first-order chi connectivity index (χ1) is 20.8. The lowest BCUT2D eigenvalue weighted by atomic mass is 9.91. The number of imide groups is 1. The molecule has 6 rings (SSSR count). The van der Waals surface area contributed by atoms with Crippen molar-refractivity contribution in [3.63, 3.8) is 0 Å². The van der Waals surface area contributed by atoms with E-state index >= 15 is 0 Å². The summed E-state index contributed by atoms with van der Waals surface area (Å²) in [5.74, 6) is 0.869. The lowest BCUT2D eigenvalue weighted by Crippen LogP contribution is -2.44. The lowest BCUT2D eigenvalue weighted by molar-refractivity contribution is -0.130. The van der Waals surface area contributed by atoms with Crippen molar-refractivity contribution in [2.75, 3.05) is 0 Å². The Hall–Kier alpha value is -4.18. The van der Waals surface area contributed by atoms with E-state index in [-0.39, 0.29) is 35.5 Å². The Morgan fingerprint density at radius 1 is 0.955 bits per heavy atom. The maximum absolute atomic E-state index is 14.0. The first kappa shape index (κ1) is 29.9. The third-order valence-electron chi connectivity index (χ3n) is 9.05. The van der Waals surface area contributed by atoms with Crippen molar-refractivity contribution >= 4 is 11.9 Å². The van der Waals surface area contributed by atoms with Crippen LogP contribution in [0.4, 0.5) is 9.18 Å². The van der Waals surface area contributed by atoms with Gasteiger partial charge in [0.25, 0.3) is 11.5 Å². The van der Waals surface area contributed by atoms with Crippen molar-refractivity contribution < 1.29 is 28.6 Å². The van der Waals surface area contributed by atoms with E-state index in [9.17, 15) is 23.9 Å². The Bertz CT molecular complexity index is 1690. The Morgan fingerprint density at radius 2 is 1.61 bits per heavy atom. The van der Waals surface area contributed by atoms with Crippen molar-refractivity contribution in [3.05, 3.63) is 75.5 Å². The number of aliphatic hydroxyl groups is 1. The average molecular weight is 604 g/mol. The summed E-state index contributed by atoms with van der Waals surface area (Å²) >= 11 is 0. The van der Waals surface area contributed by atoms with Crippen LogP contribution in [-0.4, -0.2) is 44.2 Å². The van der Waals surface area contributed by atoms with Crippen LogP contribution in [0.5, 0.6) is 17.2 Å². The SMILES string of the molecule is Cc1cc(F)cc(C)c1Oc1ccc(C(C)(C)O)cc1-c1cn(C)c(=O)cc1OC1CCC(N2C(=O)NC3(CC3)C2=O)CC1. The summed E-state index contributed by atoms with van der Waals surface area (Å²) in [6.07, 6.45) is 5.24. The van der Waals surface area contributed by atoms with Crippen LogP contribution in [0, 0.1) is 19.7 Å². The van der Waals surface area contributed by atoms with Crippen LogP contribution in [-0.2, 0) is 17.4 Å². The van der Waals surface area contributed by atoms with Gasteiger partial charge in [-0.3, -0.25) is 14.5 Å². The summed E-state index contributed by atoms with van der Waals surface area (Å²) < 4.78 is 28.4. The lowest BCUT2D eigenvalue weighted by Gasteiger charge is -2.33. The first-order valence-corrected chi connectivity index (χ1v) is 15.1. The molecule has 2 heterocycles. The quantitative estimate of drug-likeness (QED) is 0.340. The molecule has 2 N–H and O–H groups in total. The molecule has 3 amide bonds. The van der Waals surface area contributed by atoms with Crippen molar-refractivity contribution in [1.82, 2.24) is 14.8 Å². The number of pyridine rings is 1. The Labute approximate surface area is 255 Å². The summed E-state index contributed by atoms with van der Waals surface area (Å²) in [6, 6.07) is 9.13.